The van der Waals surface area contributed by atoms with Crippen LogP contribution in [0.25, 0.3) is 0 Å². The predicted octanol–water partition coefficient (Wildman–Crippen LogP) is 5.30. The van der Waals surface area contributed by atoms with Crippen LogP contribution in [-0.4, -0.2) is 44.8 Å². The number of anilines is 1. The number of nitrogens with one attached hydrogen (secondary N) is 1. The van der Waals surface area contributed by atoms with Gasteiger partial charge in [0.1, 0.15) is 12.6 Å². The van der Waals surface area contributed by atoms with Gasteiger partial charge in [-0.2, -0.15) is 0 Å². The van der Waals surface area contributed by atoms with Gasteiger partial charge in [0.25, 0.3) is 10.0 Å². The zero-order valence-corrected chi connectivity index (χ0v) is 23.9. The van der Waals surface area contributed by atoms with E-state index in [1.807, 2.05) is 19.1 Å². The van der Waals surface area contributed by atoms with Gasteiger partial charge >= 0.3 is 0 Å². The number of carbonyl (C=O) groups excluding carboxylic acids is 2. The predicted molar refractivity (Wildman–Crippen MR) is 152 cm³/mol. The van der Waals surface area contributed by atoms with Gasteiger partial charge in [0.05, 0.1) is 20.6 Å². The average Bonchev–Trinajstić information content (AvgIpc) is 2.93. The van der Waals surface area contributed by atoms with Crippen LogP contribution < -0.4 is 9.62 Å². The number of amides is 2. The summed E-state index contributed by atoms with van der Waals surface area (Å²) in [5.41, 5.74) is 1.84. The Morgan fingerprint density at radius 2 is 1.58 bits per heavy atom. The van der Waals surface area contributed by atoms with Gasteiger partial charge < -0.3 is 10.2 Å². The first-order chi connectivity index (χ1) is 18.1. The maximum atomic E-state index is 14.0. The summed E-state index contributed by atoms with van der Waals surface area (Å²) in [6.07, 6.45) is 0.887. The zero-order chi connectivity index (χ0) is 27.9. The number of aryl methyl sites for hydroxylation is 1. The van der Waals surface area contributed by atoms with Gasteiger partial charge in [-0.3, -0.25) is 13.9 Å². The number of para-hydroxylation sites is 1. The fourth-order valence-corrected chi connectivity index (χ4v) is 6.00. The quantitative estimate of drug-likeness (QED) is 0.336. The van der Waals surface area contributed by atoms with Gasteiger partial charge in [0.15, 0.2) is 0 Å². The minimum Gasteiger partial charge on any atom is -0.357 e. The molecule has 2 amide bonds. The number of sulfonamides is 1. The number of hydrogen-bond donors (Lipinski definition) is 1. The summed E-state index contributed by atoms with van der Waals surface area (Å²) in [6.45, 7) is 3.25. The molecule has 0 unspecified atom stereocenters. The lowest BCUT2D eigenvalue weighted by Gasteiger charge is -2.33. The Morgan fingerprint density at radius 1 is 0.921 bits per heavy atom. The first-order valence-electron chi connectivity index (χ1n) is 12.2. The summed E-state index contributed by atoms with van der Waals surface area (Å²) < 4.78 is 28.9. The highest BCUT2D eigenvalue weighted by Crippen LogP contribution is 2.29. The van der Waals surface area contributed by atoms with Crippen molar-refractivity contribution >= 4 is 50.7 Å². The molecule has 0 spiro atoms. The molecule has 3 aromatic rings. The molecular weight excluding hydrogens is 545 g/mol. The number of likely N-dealkylation sites (N-methyl/N-ethyl adjacent to an activating group) is 1. The van der Waals surface area contributed by atoms with Crippen LogP contribution in [-0.2, 0) is 32.6 Å². The molecule has 0 saturated carbocycles. The van der Waals surface area contributed by atoms with E-state index in [1.165, 1.54) is 24.1 Å². The summed E-state index contributed by atoms with van der Waals surface area (Å²) in [7, 11) is -2.62. The molecule has 3 rings (SSSR count). The largest absolute Gasteiger partial charge is 0.357 e. The van der Waals surface area contributed by atoms with Gasteiger partial charge in [-0.25, -0.2) is 8.42 Å². The van der Waals surface area contributed by atoms with E-state index in [-0.39, 0.29) is 17.3 Å². The van der Waals surface area contributed by atoms with Crippen molar-refractivity contribution in [2.24, 2.45) is 0 Å². The van der Waals surface area contributed by atoms with E-state index in [9.17, 15) is 18.0 Å². The highest BCUT2D eigenvalue weighted by Gasteiger charge is 2.34. The van der Waals surface area contributed by atoms with Crippen molar-refractivity contribution in [2.45, 2.75) is 44.2 Å². The highest BCUT2D eigenvalue weighted by molar-refractivity contribution is 7.92. The molecule has 1 atom stereocenters. The molecule has 0 aliphatic heterocycles. The van der Waals surface area contributed by atoms with Gasteiger partial charge in [0.2, 0.25) is 11.8 Å². The van der Waals surface area contributed by atoms with E-state index in [2.05, 4.69) is 5.32 Å². The second-order valence-corrected chi connectivity index (χ2v) is 11.3. The highest BCUT2D eigenvalue weighted by atomic mass is 35.5. The number of nitrogens with zero attached hydrogens (tertiary/aromatic N) is 2. The minimum atomic E-state index is -4.11. The third-order valence-corrected chi connectivity index (χ3v) is 8.73. The van der Waals surface area contributed by atoms with E-state index in [4.69, 9.17) is 23.2 Å². The fourth-order valence-electron chi connectivity index (χ4n) is 4.21. The Balaban J connectivity index is 2.09. The molecule has 202 valence electrons. The topological polar surface area (TPSA) is 86.8 Å². The van der Waals surface area contributed by atoms with Crippen LogP contribution >= 0.6 is 23.2 Å². The summed E-state index contributed by atoms with van der Waals surface area (Å²) in [6, 6.07) is 19.2. The first kappa shape index (κ1) is 29.5. The standard InChI is InChI=1S/C28H31Cl2N3O4S/c1-4-21-11-9-10-14-26(21)33(38(36,37)22-12-7-6-8-13-22)19-27(34)32(25(5-2)28(35)31-3)18-20-15-16-23(29)24(30)17-20/h6-17,25H,4-5,18-19H2,1-3H3,(H,31,35)/t25-/m0/s1. The van der Waals surface area contributed by atoms with E-state index >= 15 is 0 Å². The van der Waals surface area contributed by atoms with Crippen molar-refractivity contribution in [3.63, 3.8) is 0 Å². The van der Waals surface area contributed by atoms with Gasteiger partial charge in [-0.15, -0.1) is 0 Å². The van der Waals surface area contributed by atoms with Crippen LogP contribution in [0.3, 0.4) is 0 Å². The van der Waals surface area contributed by atoms with Crippen molar-refractivity contribution < 1.29 is 18.0 Å². The molecule has 38 heavy (non-hydrogen) atoms. The summed E-state index contributed by atoms with van der Waals surface area (Å²) >= 11 is 12.3. The van der Waals surface area contributed by atoms with Crippen molar-refractivity contribution in [2.75, 3.05) is 17.9 Å². The van der Waals surface area contributed by atoms with E-state index in [0.29, 0.717) is 34.1 Å². The molecular formula is C28H31Cl2N3O4S. The van der Waals surface area contributed by atoms with E-state index < -0.39 is 28.5 Å². The van der Waals surface area contributed by atoms with Crippen LogP contribution in [0, 0.1) is 0 Å². The number of carbonyl (C=O) groups is 2. The maximum absolute atomic E-state index is 14.0. The molecule has 1 N–H and O–H groups in total. The SMILES string of the molecule is CCc1ccccc1N(CC(=O)N(Cc1ccc(Cl)c(Cl)c1)[C@@H](CC)C(=O)NC)S(=O)(=O)c1ccccc1. The first-order valence-corrected chi connectivity index (χ1v) is 14.4. The molecule has 7 nitrogen and oxygen atoms in total. The fraction of sp³-hybridized carbons (Fsp3) is 0.286. The molecule has 0 saturated heterocycles. The lowest BCUT2D eigenvalue weighted by Crippen LogP contribution is -2.51. The Labute approximate surface area is 234 Å². The van der Waals surface area contributed by atoms with E-state index in [0.717, 1.165) is 9.87 Å². The Bertz CT molecular complexity index is 1380. The zero-order valence-electron chi connectivity index (χ0n) is 21.5. The minimum absolute atomic E-state index is 0.0380. The molecule has 0 fully saturated rings. The molecule has 0 radical (unpaired) electrons. The van der Waals surface area contributed by atoms with Crippen LogP contribution in [0.1, 0.15) is 31.4 Å². The van der Waals surface area contributed by atoms with Crippen LogP contribution in [0.2, 0.25) is 10.0 Å². The van der Waals surface area contributed by atoms with Crippen molar-refractivity contribution in [1.29, 1.82) is 0 Å². The molecule has 0 bridgehead atoms. The normalized spacial score (nSPS) is 12.0. The van der Waals surface area contributed by atoms with Gasteiger partial charge in [0, 0.05) is 13.6 Å². The average molecular weight is 577 g/mol. The Kier molecular flexibility index (Phi) is 10.2. The summed E-state index contributed by atoms with van der Waals surface area (Å²) in [4.78, 5) is 28.2. The number of benzene rings is 3. The maximum Gasteiger partial charge on any atom is 0.264 e. The lowest BCUT2D eigenvalue weighted by atomic mass is 10.1. The van der Waals surface area contributed by atoms with E-state index in [1.54, 1.807) is 55.5 Å². The third-order valence-electron chi connectivity index (χ3n) is 6.22. The lowest BCUT2D eigenvalue weighted by molar-refractivity contribution is -0.140. The summed E-state index contributed by atoms with van der Waals surface area (Å²) in [5, 5.41) is 3.28. The molecule has 0 aliphatic rings. The number of halogens is 2. The van der Waals surface area contributed by atoms with Crippen molar-refractivity contribution in [3.05, 3.63) is 94.0 Å². The van der Waals surface area contributed by atoms with Crippen molar-refractivity contribution in [1.82, 2.24) is 10.2 Å². The third kappa shape index (κ3) is 6.67. The van der Waals surface area contributed by atoms with Gasteiger partial charge in [-0.1, -0.05) is 79.5 Å². The molecule has 0 heterocycles. The molecule has 0 aliphatic carbocycles. The molecule has 3 aromatic carbocycles. The van der Waals surface area contributed by atoms with Crippen LogP contribution in [0.4, 0.5) is 5.69 Å². The summed E-state index contributed by atoms with van der Waals surface area (Å²) in [5.74, 6) is -0.885. The Morgan fingerprint density at radius 3 is 2.18 bits per heavy atom. The van der Waals surface area contributed by atoms with Crippen LogP contribution in [0.15, 0.2) is 77.7 Å². The van der Waals surface area contributed by atoms with Gasteiger partial charge in [-0.05, 0) is 54.3 Å². The number of hydrogen-bond acceptors (Lipinski definition) is 4. The smallest absolute Gasteiger partial charge is 0.264 e. The molecule has 10 heteroatoms. The number of rotatable bonds is 11. The molecule has 0 aromatic heterocycles. The second kappa shape index (κ2) is 13.1. The second-order valence-electron chi connectivity index (χ2n) is 8.62. The Hall–Kier alpha value is -3.07. The monoisotopic (exact) mass is 575 g/mol. The van der Waals surface area contributed by atoms with Crippen LogP contribution in [0.5, 0.6) is 0 Å². The van der Waals surface area contributed by atoms with Crippen molar-refractivity contribution in [3.8, 4) is 0 Å².